The van der Waals surface area contributed by atoms with Crippen LogP contribution < -0.4 is 14.8 Å². The maximum Gasteiger partial charge on any atom is 0.264 e. The Morgan fingerprint density at radius 1 is 0.667 bits per heavy atom. The number of benzene rings is 2. The minimum atomic E-state index is -4.00. The molecule has 0 atom stereocenters. The van der Waals surface area contributed by atoms with Crippen LogP contribution in [0.2, 0.25) is 0 Å². The lowest BCUT2D eigenvalue weighted by atomic mass is 10.3. The monoisotopic (exact) mass is 411 g/mol. The van der Waals surface area contributed by atoms with E-state index in [1.54, 1.807) is 0 Å². The number of carbonyl (C=O) groups is 2. The number of anilines is 2. The molecule has 0 heterocycles. The van der Waals surface area contributed by atoms with Crippen LogP contribution in [0.1, 0.15) is 13.8 Å². The molecule has 11 heteroatoms. The van der Waals surface area contributed by atoms with Gasteiger partial charge in [-0.05, 0) is 48.5 Å². The van der Waals surface area contributed by atoms with E-state index in [4.69, 9.17) is 0 Å². The molecular formula is C16H17N3O6S2. The van der Waals surface area contributed by atoms with Crippen LogP contribution in [0.4, 0.5) is 11.4 Å². The van der Waals surface area contributed by atoms with Gasteiger partial charge < -0.3 is 5.32 Å². The molecule has 0 spiro atoms. The second-order valence-electron chi connectivity index (χ2n) is 5.50. The van der Waals surface area contributed by atoms with Gasteiger partial charge in [-0.15, -0.1) is 0 Å². The van der Waals surface area contributed by atoms with Crippen molar-refractivity contribution in [3.63, 3.8) is 0 Å². The van der Waals surface area contributed by atoms with Crippen LogP contribution in [0.3, 0.4) is 0 Å². The Morgan fingerprint density at radius 2 is 1.11 bits per heavy atom. The molecule has 0 saturated carbocycles. The Kier molecular flexibility index (Phi) is 5.86. The molecule has 0 aromatic heterocycles. The Morgan fingerprint density at radius 3 is 1.56 bits per heavy atom. The molecule has 2 aromatic rings. The predicted molar refractivity (Wildman–Crippen MR) is 99.0 cm³/mol. The lowest BCUT2D eigenvalue weighted by Crippen LogP contribution is -2.28. The molecule has 27 heavy (non-hydrogen) atoms. The second-order valence-corrected chi connectivity index (χ2v) is 8.86. The van der Waals surface area contributed by atoms with Crippen LogP contribution in [0.5, 0.6) is 0 Å². The fraction of sp³-hybridized carbons (Fsp3) is 0.125. The van der Waals surface area contributed by atoms with Crippen LogP contribution in [0.15, 0.2) is 58.3 Å². The molecule has 0 bridgehead atoms. The van der Waals surface area contributed by atoms with E-state index in [1.165, 1.54) is 55.5 Å². The highest BCUT2D eigenvalue weighted by molar-refractivity contribution is 7.92. The summed E-state index contributed by atoms with van der Waals surface area (Å²) in [6.45, 7) is 2.40. The van der Waals surface area contributed by atoms with Crippen molar-refractivity contribution in [2.75, 3.05) is 10.0 Å². The number of amides is 2. The minimum absolute atomic E-state index is 0.0356. The quantitative estimate of drug-likeness (QED) is 0.654. The molecule has 2 rings (SSSR count). The van der Waals surface area contributed by atoms with Crippen molar-refractivity contribution in [2.24, 2.45) is 0 Å². The maximum absolute atomic E-state index is 12.4. The average molecular weight is 411 g/mol. The van der Waals surface area contributed by atoms with Gasteiger partial charge in [0.1, 0.15) is 0 Å². The summed E-state index contributed by atoms with van der Waals surface area (Å²) in [5.74, 6) is -1.01. The second kappa shape index (κ2) is 7.76. The standard InChI is InChI=1S/C16H17N3O6S2/c1-11(20)17-13-3-7-16(8-4-13)27(24,25)19-14-5-9-15(10-6-14)26(22,23)18-12(2)21/h3-10,19H,1-2H3,(H,17,20)(H,18,21). The molecule has 0 fully saturated rings. The third-order valence-corrected chi connectivity index (χ3v) is 6.03. The van der Waals surface area contributed by atoms with Gasteiger partial charge in [-0.2, -0.15) is 0 Å². The summed E-state index contributed by atoms with van der Waals surface area (Å²) in [6.07, 6.45) is 0. The summed E-state index contributed by atoms with van der Waals surface area (Å²) in [7, 11) is -7.91. The van der Waals surface area contributed by atoms with Crippen LogP contribution in [-0.4, -0.2) is 28.6 Å². The summed E-state index contributed by atoms with van der Waals surface area (Å²) < 4.78 is 52.6. The first-order valence-electron chi connectivity index (χ1n) is 7.53. The summed E-state index contributed by atoms with van der Waals surface area (Å²) >= 11 is 0. The van der Waals surface area contributed by atoms with Gasteiger partial charge in [0.2, 0.25) is 11.8 Å². The van der Waals surface area contributed by atoms with Gasteiger partial charge in [0, 0.05) is 25.2 Å². The average Bonchev–Trinajstić information content (AvgIpc) is 2.53. The first kappa shape index (κ1) is 20.4. The molecule has 9 nitrogen and oxygen atoms in total. The van der Waals surface area contributed by atoms with Gasteiger partial charge in [-0.3, -0.25) is 14.3 Å². The molecule has 144 valence electrons. The Labute approximate surface area is 156 Å². The number of rotatable bonds is 6. The van der Waals surface area contributed by atoms with Crippen molar-refractivity contribution in [2.45, 2.75) is 23.6 Å². The molecule has 3 N–H and O–H groups in total. The van der Waals surface area contributed by atoms with Crippen molar-refractivity contribution in [3.05, 3.63) is 48.5 Å². The highest BCUT2D eigenvalue weighted by Gasteiger charge is 2.17. The van der Waals surface area contributed by atoms with Crippen molar-refractivity contribution in [1.29, 1.82) is 0 Å². The largest absolute Gasteiger partial charge is 0.326 e. The fourth-order valence-electron chi connectivity index (χ4n) is 2.09. The van der Waals surface area contributed by atoms with Gasteiger partial charge in [0.15, 0.2) is 0 Å². The van der Waals surface area contributed by atoms with Gasteiger partial charge in [-0.25, -0.2) is 21.6 Å². The van der Waals surface area contributed by atoms with Gasteiger partial charge >= 0.3 is 0 Å². The van der Waals surface area contributed by atoms with E-state index in [1.807, 2.05) is 4.72 Å². The van der Waals surface area contributed by atoms with E-state index in [9.17, 15) is 26.4 Å². The number of hydrogen-bond donors (Lipinski definition) is 3. The molecule has 2 amide bonds. The molecule has 0 aliphatic rings. The highest BCUT2D eigenvalue weighted by Crippen LogP contribution is 2.20. The van der Waals surface area contributed by atoms with Crippen molar-refractivity contribution in [1.82, 2.24) is 4.72 Å². The van der Waals surface area contributed by atoms with Crippen LogP contribution in [-0.2, 0) is 29.6 Å². The van der Waals surface area contributed by atoms with Crippen molar-refractivity contribution < 1.29 is 26.4 Å². The first-order chi connectivity index (χ1) is 12.5. The third-order valence-electron chi connectivity index (χ3n) is 3.18. The lowest BCUT2D eigenvalue weighted by molar-refractivity contribution is -0.117. The zero-order chi connectivity index (χ0) is 20.2. The summed E-state index contributed by atoms with van der Waals surface area (Å²) in [4.78, 5) is 21.7. The number of nitrogens with one attached hydrogen (secondary N) is 3. The normalized spacial score (nSPS) is 11.5. The zero-order valence-electron chi connectivity index (χ0n) is 14.4. The van der Waals surface area contributed by atoms with E-state index in [0.717, 1.165) is 6.92 Å². The third kappa shape index (κ3) is 5.53. The smallest absolute Gasteiger partial charge is 0.264 e. The predicted octanol–water partition coefficient (Wildman–Crippen LogP) is 1.27. The summed E-state index contributed by atoms with van der Waals surface area (Å²) in [5, 5.41) is 2.53. The van der Waals surface area contributed by atoms with Crippen LogP contribution in [0, 0.1) is 0 Å². The van der Waals surface area contributed by atoms with Gasteiger partial charge in [0.25, 0.3) is 20.0 Å². The molecule has 0 saturated heterocycles. The number of sulfonamides is 2. The molecule has 2 aromatic carbocycles. The maximum atomic E-state index is 12.4. The Bertz CT molecular complexity index is 1060. The molecule has 0 aliphatic carbocycles. The summed E-state index contributed by atoms with van der Waals surface area (Å²) in [5.41, 5.74) is 0.594. The Hall–Kier alpha value is -2.92. The highest BCUT2D eigenvalue weighted by atomic mass is 32.2. The van der Waals surface area contributed by atoms with Gasteiger partial charge in [0.05, 0.1) is 9.79 Å². The van der Waals surface area contributed by atoms with E-state index >= 15 is 0 Å². The van der Waals surface area contributed by atoms with E-state index < -0.39 is 26.0 Å². The van der Waals surface area contributed by atoms with Crippen molar-refractivity contribution in [3.8, 4) is 0 Å². The SMILES string of the molecule is CC(=O)Nc1ccc(S(=O)(=O)Nc2ccc(S(=O)(=O)NC(C)=O)cc2)cc1. The minimum Gasteiger partial charge on any atom is -0.326 e. The molecule has 0 aliphatic heterocycles. The van der Waals surface area contributed by atoms with Crippen LogP contribution in [0.25, 0.3) is 0 Å². The molecular weight excluding hydrogens is 394 g/mol. The number of hydrogen-bond acceptors (Lipinski definition) is 6. The van der Waals surface area contributed by atoms with E-state index in [0.29, 0.717) is 5.69 Å². The van der Waals surface area contributed by atoms with E-state index in [2.05, 4.69) is 10.0 Å². The molecule has 0 unspecified atom stereocenters. The van der Waals surface area contributed by atoms with Gasteiger partial charge in [-0.1, -0.05) is 0 Å². The topological polar surface area (TPSA) is 139 Å². The Balaban J connectivity index is 2.18. The number of carbonyl (C=O) groups excluding carboxylic acids is 2. The van der Waals surface area contributed by atoms with Crippen LogP contribution >= 0.6 is 0 Å². The zero-order valence-corrected chi connectivity index (χ0v) is 16.0. The first-order valence-corrected chi connectivity index (χ1v) is 10.5. The summed E-state index contributed by atoms with van der Waals surface area (Å²) in [6, 6.07) is 10.4. The molecule has 0 radical (unpaired) electrons. The lowest BCUT2D eigenvalue weighted by Gasteiger charge is -2.10. The fourth-order valence-corrected chi connectivity index (χ4v) is 4.13. The van der Waals surface area contributed by atoms with E-state index in [-0.39, 0.29) is 21.4 Å². The van der Waals surface area contributed by atoms with Crippen molar-refractivity contribution >= 4 is 43.2 Å².